The second-order valence-corrected chi connectivity index (χ2v) is 12.6. The Labute approximate surface area is 231 Å². The van der Waals surface area contributed by atoms with Crippen molar-refractivity contribution in [3.8, 4) is 11.5 Å². The minimum atomic E-state index is -0.292. The van der Waals surface area contributed by atoms with Crippen LogP contribution in [0.5, 0.6) is 11.5 Å². The van der Waals surface area contributed by atoms with Gasteiger partial charge in [0, 0.05) is 29.2 Å². The Hall–Kier alpha value is -2.34. The smallest absolute Gasteiger partial charge is 0.182 e. The van der Waals surface area contributed by atoms with Crippen LogP contribution in [0, 0.1) is 5.92 Å². The summed E-state index contributed by atoms with van der Waals surface area (Å²) in [7, 11) is 0. The van der Waals surface area contributed by atoms with Crippen LogP contribution >= 0.6 is 16.1 Å². The van der Waals surface area contributed by atoms with Crippen molar-refractivity contribution < 1.29 is 14.6 Å². The number of carbonyl (C=O) groups is 1. The number of phenolic OH excluding ortho intramolecular Hbond substituents is 1. The van der Waals surface area contributed by atoms with E-state index >= 15 is 0 Å². The minimum absolute atomic E-state index is 0.0311. The summed E-state index contributed by atoms with van der Waals surface area (Å²) in [6, 6.07) is 12.0. The van der Waals surface area contributed by atoms with Gasteiger partial charge < -0.3 is 14.7 Å². The molecular weight excluding hydrogens is 528 g/mol. The van der Waals surface area contributed by atoms with Crippen molar-refractivity contribution in [1.29, 1.82) is 0 Å². The quantitative estimate of drug-likeness (QED) is 0.329. The molecule has 1 heterocycles. The minimum Gasteiger partial charge on any atom is -0.507 e. The summed E-state index contributed by atoms with van der Waals surface area (Å²) in [4.78, 5) is 15.9. The SMILES string of the molecule is CCC[C@H]1CN(CC(=O)c2cc(C(C)(C)C)c(O)c(C(C)(C)C)c2)C(=NBr)[C@@H]1c1cccc(OCC)c1. The van der Waals surface area contributed by atoms with E-state index in [0.29, 0.717) is 18.1 Å². The predicted molar refractivity (Wildman–Crippen MR) is 157 cm³/mol. The molecule has 0 bridgehead atoms. The first-order valence-electron chi connectivity index (χ1n) is 13.4. The van der Waals surface area contributed by atoms with E-state index in [1.165, 1.54) is 0 Å². The molecule has 2 atom stereocenters. The Morgan fingerprint density at radius 3 is 2.22 bits per heavy atom. The van der Waals surface area contributed by atoms with E-state index in [2.05, 4.69) is 85.7 Å². The molecule has 0 amide bonds. The highest BCUT2D eigenvalue weighted by Gasteiger charge is 2.40. The zero-order chi connectivity index (χ0) is 27.5. The molecule has 1 fully saturated rings. The lowest BCUT2D eigenvalue weighted by atomic mass is 9.78. The van der Waals surface area contributed by atoms with E-state index in [0.717, 1.165) is 47.7 Å². The number of hydrogen-bond acceptors (Lipinski definition) is 4. The van der Waals surface area contributed by atoms with Gasteiger partial charge in [-0.2, -0.15) is 4.02 Å². The van der Waals surface area contributed by atoms with E-state index in [9.17, 15) is 9.90 Å². The molecular formula is C31H43BrN2O3. The summed E-state index contributed by atoms with van der Waals surface area (Å²) < 4.78 is 10.3. The Morgan fingerprint density at radius 1 is 1.08 bits per heavy atom. The molecule has 6 heteroatoms. The monoisotopic (exact) mass is 570 g/mol. The molecule has 37 heavy (non-hydrogen) atoms. The van der Waals surface area contributed by atoms with E-state index in [4.69, 9.17) is 4.74 Å². The third-order valence-electron chi connectivity index (χ3n) is 7.19. The molecule has 1 aliphatic heterocycles. The number of hydrogen-bond donors (Lipinski definition) is 1. The van der Waals surface area contributed by atoms with Crippen molar-refractivity contribution in [3.05, 3.63) is 58.7 Å². The molecule has 1 saturated heterocycles. The summed E-state index contributed by atoms with van der Waals surface area (Å²) in [5.74, 6) is 2.49. The standard InChI is InChI=1S/C31H43BrN2O3/c1-9-12-21-18-34(29(33-32)27(21)20-13-11-14-23(15-20)37-10-2)19-26(35)22-16-24(30(3,4)5)28(36)25(17-22)31(6,7)8/h11,13-17,21,27,36H,9-10,12,18-19H2,1-8H3/t21-,27+/m0/s1. The van der Waals surface area contributed by atoms with Crippen LogP contribution in [-0.2, 0) is 10.8 Å². The van der Waals surface area contributed by atoms with Gasteiger partial charge in [0.1, 0.15) is 17.3 Å². The van der Waals surface area contributed by atoms with Gasteiger partial charge in [0.2, 0.25) is 0 Å². The first-order chi connectivity index (χ1) is 17.3. The normalized spacial score (nSPS) is 19.5. The summed E-state index contributed by atoms with van der Waals surface area (Å²) >= 11 is 3.38. The Balaban J connectivity index is 1.98. The van der Waals surface area contributed by atoms with Gasteiger partial charge in [-0.1, -0.05) is 67.0 Å². The first kappa shape index (κ1) is 29.2. The number of benzene rings is 2. The number of carbonyl (C=O) groups excluding carboxylic acids is 1. The zero-order valence-corrected chi connectivity index (χ0v) is 25.3. The first-order valence-corrected chi connectivity index (χ1v) is 14.1. The number of likely N-dealkylation sites (tertiary alicyclic amines) is 1. The average molecular weight is 572 g/mol. The van der Waals surface area contributed by atoms with Crippen LogP contribution in [0.1, 0.15) is 101 Å². The molecule has 0 aliphatic carbocycles. The van der Waals surface area contributed by atoms with Crippen LogP contribution in [0.3, 0.4) is 0 Å². The van der Waals surface area contributed by atoms with Crippen LogP contribution in [-0.4, -0.2) is 41.3 Å². The lowest BCUT2D eigenvalue weighted by molar-refractivity contribution is 0.0963. The molecule has 0 radical (unpaired) electrons. The van der Waals surface area contributed by atoms with Gasteiger partial charge >= 0.3 is 0 Å². The van der Waals surface area contributed by atoms with Crippen molar-refractivity contribution in [3.63, 3.8) is 0 Å². The van der Waals surface area contributed by atoms with Crippen LogP contribution < -0.4 is 4.74 Å². The number of ketones is 1. The third-order valence-corrected chi connectivity index (χ3v) is 7.55. The number of ether oxygens (including phenoxy) is 1. The van der Waals surface area contributed by atoms with Gasteiger partial charge in [-0.25, -0.2) is 0 Å². The number of aromatic hydroxyl groups is 1. The largest absolute Gasteiger partial charge is 0.507 e. The molecule has 0 unspecified atom stereocenters. The molecule has 1 aliphatic rings. The summed E-state index contributed by atoms with van der Waals surface area (Å²) in [6.45, 7) is 18.2. The molecule has 2 aromatic carbocycles. The number of halogens is 1. The highest BCUT2D eigenvalue weighted by Crippen LogP contribution is 2.41. The average Bonchev–Trinajstić information content (AvgIpc) is 3.14. The second kappa shape index (κ2) is 11.6. The molecule has 202 valence electrons. The highest BCUT2D eigenvalue weighted by molar-refractivity contribution is 9.08. The highest BCUT2D eigenvalue weighted by atomic mass is 79.9. The maximum atomic E-state index is 13.8. The van der Waals surface area contributed by atoms with Crippen LogP contribution in [0.15, 0.2) is 40.4 Å². The summed E-state index contributed by atoms with van der Waals surface area (Å²) in [5.41, 5.74) is 2.81. The molecule has 3 rings (SSSR count). The molecule has 0 saturated carbocycles. The van der Waals surface area contributed by atoms with Crippen molar-refractivity contribution in [2.45, 2.75) is 85.0 Å². The number of Topliss-reactive ketones (excluding diaryl/α,β-unsaturated/α-hetero) is 1. The molecule has 0 spiro atoms. The van der Waals surface area contributed by atoms with E-state index in [1.54, 1.807) is 0 Å². The Bertz CT molecular complexity index is 1110. The fourth-order valence-electron chi connectivity index (χ4n) is 5.36. The molecule has 2 aromatic rings. The van der Waals surface area contributed by atoms with Gasteiger partial charge in [0.05, 0.1) is 29.3 Å². The maximum absolute atomic E-state index is 13.8. The van der Waals surface area contributed by atoms with E-state index in [-0.39, 0.29) is 34.8 Å². The number of nitrogens with zero attached hydrogens (tertiary/aromatic N) is 2. The Morgan fingerprint density at radius 2 is 1.70 bits per heavy atom. The lowest BCUT2D eigenvalue weighted by Crippen LogP contribution is -2.32. The van der Waals surface area contributed by atoms with Gasteiger partial charge in [0.25, 0.3) is 0 Å². The number of phenols is 1. The van der Waals surface area contributed by atoms with Crippen molar-refractivity contribution in [2.75, 3.05) is 19.7 Å². The fourth-order valence-corrected chi connectivity index (χ4v) is 5.80. The maximum Gasteiger partial charge on any atom is 0.182 e. The number of amidine groups is 1. The van der Waals surface area contributed by atoms with Gasteiger partial charge in [0.15, 0.2) is 5.78 Å². The van der Waals surface area contributed by atoms with Crippen molar-refractivity contribution in [2.24, 2.45) is 9.94 Å². The van der Waals surface area contributed by atoms with Crippen molar-refractivity contribution >= 4 is 27.8 Å². The van der Waals surface area contributed by atoms with Crippen molar-refractivity contribution in [1.82, 2.24) is 4.90 Å². The van der Waals surface area contributed by atoms with Crippen LogP contribution in [0.2, 0.25) is 0 Å². The number of rotatable bonds is 8. The van der Waals surface area contributed by atoms with E-state index in [1.807, 2.05) is 31.2 Å². The lowest BCUT2D eigenvalue weighted by Gasteiger charge is -2.28. The summed E-state index contributed by atoms with van der Waals surface area (Å²) in [6.07, 6.45) is 2.10. The Kier molecular flexibility index (Phi) is 9.15. The van der Waals surface area contributed by atoms with Crippen LogP contribution in [0.25, 0.3) is 0 Å². The van der Waals surface area contributed by atoms with E-state index < -0.39 is 0 Å². The van der Waals surface area contributed by atoms with Gasteiger partial charge in [-0.05, 0) is 59.9 Å². The van der Waals surface area contributed by atoms with Crippen LogP contribution in [0.4, 0.5) is 0 Å². The third kappa shape index (κ3) is 6.57. The molecule has 1 N–H and O–H groups in total. The molecule has 0 aromatic heterocycles. The van der Waals surface area contributed by atoms with Gasteiger partial charge in [-0.15, -0.1) is 0 Å². The summed E-state index contributed by atoms with van der Waals surface area (Å²) in [5, 5.41) is 11.1. The second-order valence-electron chi connectivity index (χ2n) is 12.2. The zero-order valence-electron chi connectivity index (χ0n) is 23.7. The predicted octanol–water partition coefficient (Wildman–Crippen LogP) is 7.79. The van der Waals surface area contributed by atoms with Gasteiger partial charge in [-0.3, -0.25) is 4.79 Å². The molecule has 5 nitrogen and oxygen atoms in total. The fraction of sp³-hybridized carbons (Fsp3) is 0.548. The topological polar surface area (TPSA) is 62.1 Å².